The van der Waals surface area contributed by atoms with Crippen molar-refractivity contribution in [1.82, 2.24) is 0 Å². The lowest BCUT2D eigenvalue weighted by Crippen LogP contribution is -1.84. The van der Waals surface area contributed by atoms with Gasteiger partial charge in [-0.1, -0.05) is 43.4 Å². The van der Waals surface area contributed by atoms with Crippen LogP contribution in [0, 0.1) is 0 Å². The smallest absolute Gasteiger partial charge is 0.0854 e. The van der Waals surface area contributed by atoms with Crippen LogP contribution < -0.4 is 0 Å². The van der Waals surface area contributed by atoms with E-state index in [9.17, 15) is 0 Å². The van der Waals surface area contributed by atoms with Gasteiger partial charge >= 0.3 is 0 Å². The molecule has 0 rings (SSSR count). The maximum absolute atomic E-state index is 8.10. The molecule has 2 heteroatoms. The molecule has 0 unspecified atom stereocenters. The SMILES string of the molecule is CC/C=C/C/C=C/CCCC/C=C/CCOO. The summed E-state index contributed by atoms with van der Waals surface area (Å²) in [5, 5.41) is 8.10. The molecule has 0 heterocycles. The van der Waals surface area contributed by atoms with Gasteiger partial charge in [-0.05, 0) is 44.9 Å². The Hall–Kier alpha value is -0.860. The lowest BCUT2D eigenvalue weighted by atomic mass is 10.1. The average molecular weight is 238 g/mol. The molecular weight excluding hydrogens is 212 g/mol. The summed E-state index contributed by atoms with van der Waals surface area (Å²) < 4.78 is 0. The van der Waals surface area contributed by atoms with Gasteiger partial charge in [-0.3, -0.25) is 5.26 Å². The van der Waals surface area contributed by atoms with Crippen molar-refractivity contribution in [1.29, 1.82) is 0 Å². The van der Waals surface area contributed by atoms with E-state index in [-0.39, 0.29) is 0 Å². The molecule has 1 N–H and O–H groups in total. The molecule has 0 saturated heterocycles. The molecule has 0 aromatic rings. The highest BCUT2D eigenvalue weighted by molar-refractivity contribution is 4.92. The van der Waals surface area contributed by atoms with Gasteiger partial charge in [0.1, 0.15) is 0 Å². The highest BCUT2D eigenvalue weighted by atomic mass is 17.1. The quantitative estimate of drug-likeness (QED) is 0.240. The van der Waals surface area contributed by atoms with Crippen molar-refractivity contribution >= 4 is 0 Å². The van der Waals surface area contributed by atoms with Gasteiger partial charge in [0.15, 0.2) is 0 Å². The van der Waals surface area contributed by atoms with Crippen molar-refractivity contribution in [3.05, 3.63) is 36.5 Å². The van der Waals surface area contributed by atoms with Crippen LogP contribution in [-0.4, -0.2) is 11.9 Å². The highest BCUT2D eigenvalue weighted by Gasteiger charge is 1.84. The molecule has 0 radical (unpaired) electrons. The van der Waals surface area contributed by atoms with E-state index < -0.39 is 0 Å². The minimum absolute atomic E-state index is 0.393. The Labute approximate surface area is 106 Å². The van der Waals surface area contributed by atoms with Crippen molar-refractivity contribution in [2.45, 2.75) is 51.9 Å². The second-order valence-electron chi connectivity index (χ2n) is 3.96. The molecule has 0 saturated carbocycles. The van der Waals surface area contributed by atoms with Gasteiger partial charge < -0.3 is 0 Å². The molecule has 0 amide bonds. The van der Waals surface area contributed by atoms with E-state index in [0.717, 1.165) is 25.7 Å². The first-order chi connectivity index (χ1) is 8.41. The van der Waals surface area contributed by atoms with Gasteiger partial charge in [0, 0.05) is 0 Å². The van der Waals surface area contributed by atoms with Gasteiger partial charge in [0.25, 0.3) is 0 Å². The zero-order chi connectivity index (χ0) is 12.6. The van der Waals surface area contributed by atoms with Crippen LogP contribution in [0.1, 0.15) is 51.9 Å². The topological polar surface area (TPSA) is 29.5 Å². The van der Waals surface area contributed by atoms with Crippen molar-refractivity contribution in [3.63, 3.8) is 0 Å². The fraction of sp³-hybridized carbons (Fsp3) is 0.600. The summed E-state index contributed by atoms with van der Waals surface area (Å²) in [5.41, 5.74) is 0. The minimum atomic E-state index is 0.393. The molecule has 0 aliphatic carbocycles. The molecule has 0 aliphatic heterocycles. The third-order valence-corrected chi connectivity index (χ3v) is 2.38. The maximum Gasteiger partial charge on any atom is 0.0854 e. The van der Waals surface area contributed by atoms with E-state index >= 15 is 0 Å². The van der Waals surface area contributed by atoms with Gasteiger partial charge in [0.05, 0.1) is 6.61 Å². The molecule has 0 aliphatic rings. The zero-order valence-corrected chi connectivity index (χ0v) is 11.0. The average Bonchev–Trinajstić information content (AvgIpc) is 2.35. The van der Waals surface area contributed by atoms with Gasteiger partial charge in [-0.15, -0.1) is 0 Å². The van der Waals surface area contributed by atoms with Gasteiger partial charge in [-0.25, -0.2) is 4.89 Å². The van der Waals surface area contributed by atoms with E-state index in [1.165, 1.54) is 19.3 Å². The molecule has 0 fully saturated rings. The Morgan fingerprint density at radius 1 is 0.824 bits per heavy atom. The first kappa shape index (κ1) is 16.1. The Balaban J connectivity index is 3.17. The summed E-state index contributed by atoms with van der Waals surface area (Å²) in [4.78, 5) is 3.98. The second kappa shape index (κ2) is 15.1. The Morgan fingerprint density at radius 3 is 2.06 bits per heavy atom. The number of hydrogen-bond donors (Lipinski definition) is 1. The minimum Gasteiger partial charge on any atom is -0.252 e. The molecule has 98 valence electrons. The summed E-state index contributed by atoms with van der Waals surface area (Å²) in [6.45, 7) is 2.55. The largest absolute Gasteiger partial charge is 0.252 e. The van der Waals surface area contributed by atoms with E-state index in [2.05, 4.69) is 48.3 Å². The normalized spacial score (nSPS) is 12.4. The van der Waals surface area contributed by atoms with Gasteiger partial charge in [0.2, 0.25) is 0 Å². The number of allylic oxidation sites excluding steroid dienone is 5. The number of unbranched alkanes of at least 4 members (excludes halogenated alkanes) is 3. The molecule has 0 spiro atoms. The van der Waals surface area contributed by atoms with Crippen LogP contribution in [0.4, 0.5) is 0 Å². The summed E-state index contributed by atoms with van der Waals surface area (Å²) in [6.07, 6.45) is 20.9. The lowest BCUT2D eigenvalue weighted by Gasteiger charge is -1.93. The maximum atomic E-state index is 8.10. The van der Waals surface area contributed by atoms with Gasteiger partial charge in [-0.2, -0.15) is 0 Å². The third kappa shape index (κ3) is 15.1. The Kier molecular flexibility index (Phi) is 14.4. The van der Waals surface area contributed by atoms with Crippen LogP contribution >= 0.6 is 0 Å². The summed E-state index contributed by atoms with van der Waals surface area (Å²) in [7, 11) is 0. The molecule has 0 aromatic carbocycles. The van der Waals surface area contributed by atoms with E-state index in [4.69, 9.17) is 5.26 Å². The molecule has 0 atom stereocenters. The number of hydrogen-bond acceptors (Lipinski definition) is 2. The first-order valence-electron chi connectivity index (χ1n) is 6.63. The van der Waals surface area contributed by atoms with Crippen molar-refractivity contribution in [3.8, 4) is 0 Å². The Morgan fingerprint density at radius 2 is 1.41 bits per heavy atom. The molecule has 17 heavy (non-hydrogen) atoms. The summed E-state index contributed by atoms with van der Waals surface area (Å²) in [5.74, 6) is 0. The number of rotatable bonds is 11. The summed E-state index contributed by atoms with van der Waals surface area (Å²) in [6, 6.07) is 0. The zero-order valence-electron chi connectivity index (χ0n) is 11.0. The molecular formula is C15H26O2. The lowest BCUT2D eigenvalue weighted by molar-refractivity contribution is -0.240. The van der Waals surface area contributed by atoms with Crippen LogP contribution in [0.3, 0.4) is 0 Å². The van der Waals surface area contributed by atoms with E-state index in [1.807, 2.05) is 0 Å². The summed E-state index contributed by atoms with van der Waals surface area (Å²) >= 11 is 0. The second-order valence-corrected chi connectivity index (χ2v) is 3.96. The highest BCUT2D eigenvalue weighted by Crippen LogP contribution is 2.03. The molecule has 0 bridgehead atoms. The Bertz CT molecular complexity index is 217. The van der Waals surface area contributed by atoms with Crippen molar-refractivity contribution in [2.24, 2.45) is 0 Å². The fourth-order valence-electron chi connectivity index (χ4n) is 1.44. The molecule has 2 nitrogen and oxygen atoms in total. The first-order valence-corrected chi connectivity index (χ1v) is 6.63. The third-order valence-electron chi connectivity index (χ3n) is 2.38. The van der Waals surface area contributed by atoms with Crippen molar-refractivity contribution in [2.75, 3.05) is 6.61 Å². The predicted octanol–water partition coefficient (Wildman–Crippen LogP) is 4.90. The van der Waals surface area contributed by atoms with Crippen LogP contribution in [0.5, 0.6) is 0 Å². The molecule has 0 aromatic heterocycles. The van der Waals surface area contributed by atoms with Crippen molar-refractivity contribution < 1.29 is 10.1 Å². The van der Waals surface area contributed by atoms with Crippen LogP contribution in [0.2, 0.25) is 0 Å². The van der Waals surface area contributed by atoms with E-state index in [0.29, 0.717) is 6.61 Å². The predicted molar refractivity (Wildman–Crippen MR) is 74.0 cm³/mol. The van der Waals surface area contributed by atoms with Crippen LogP contribution in [-0.2, 0) is 4.89 Å². The fourth-order valence-corrected chi connectivity index (χ4v) is 1.44. The standard InChI is InChI=1S/C15H26O2/c1-2-3-4-5-6-7-8-9-10-11-12-13-14-15-17-16/h3-4,6-7,12-13,16H,2,5,8-11,14-15H2,1H3/b4-3+,7-6+,13-12+. The monoisotopic (exact) mass is 238 g/mol. The van der Waals surface area contributed by atoms with Crippen LogP contribution in [0.15, 0.2) is 36.5 Å². The van der Waals surface area contributed by atoms with Crippen LogP contribution in [0.25, 0.3) is 0 Å². The van der Waals surface area contributed by atoms with E-state index in [1.54, 1.807) is 0 Å².